The van der Waals surface area contributed by atoms with Gasteiger partial charge in [-0.05, 0) is 13.8 Å². The van der Waals surface area contributed by atoms with E-state index in [-0.39, 0.29) is 0 Å². The first-order valence-electron chi connectivity index (χ1n) is 11.0. The molecule has 1 aliphatic heterocycles. The molecule has 2 amide bonds. The van der Waals surface area contributed by atoms with E-state index in [1.54, 1.807) is 0 Å². The maximum atomic E-state index is 13.4. The number of hydrogen-bond acceptors (Lipinski definition) is 14. The molecule has 0 aromatic rings. The lowest BCUT2D eigenvalue weighted by Crippen LogP contribution is -2.69. The van der Waals surface area contributed by atoms with Crippen molar-refractivity contribution >= 4 is 47.6 Å². The van der Waals surface area contributed by atoms with E-state index in [0.717, 1.165) is 34.6 Å². The molecule has 0 unspecified atom stereocenters. The first-order chi connectivity index (χ1) is 17.1. The van der Waals surface area contributed by atoms with Crippen molar-refractivity contribution in [3.63, 3.8) is 0 Å². The number of carbonyl (C=O) groups is 6. The fraction of sp³-hybridized carbons (Fsp3) is 0.714. The van der Waals surface area contributed by atoms with Crippen LogP contribution in [0.2, 0.25) is 0 Å². The summed E-state index contributed by atoms with van der Waals surface area (Å²) in [6, 6.07) is -2.82. The van der Waals surface area contributed by atoms with Crippen LogP contribution in [-0.2, 0) is 52.5 Å². The number of esters is 4. The topological polar surface area (TPSA) is 202 Å². The molecule has 1 aliphatic rings. The molecule has 0 bridgehead atoms. The minimum absolute atomic E-state index is 0.479. The van der Waals surface area contributed by atoms with Crippen LogP contribution in [0.5, 0.6) is 0 Å². The summed E-state index contributed by atoms with van der Waals surface area (Å²) < 4.78 is 28.0. The minimum atomic E-state index is -1.61. The summed E-state index contributed by atoms with van der Waals surface area (Å²) in [7, 11) is 0. The Labute approximate surface area is 217 Å². The molecule has 1 rings (SSSR count). The maximum absolute atomic E-state index is 13.4. The number of carbonyl (C=O) groups excluding carboxylic acids is 6. The van der Waals surface area contributed by atoms with Crippen molar-refractivity contribution in [2.75, 3.05) is 6.61 Å². The van der Waals surface area contributed by atoms with Gasteiger partial charge in [-0.3, -0.25) is 28.8 Å². The zero-order chi connectivity index (χ0) is 28.5. The summed E-state index contributed by atoms with van der Waals surface area (Å²) in [4.78, 5) is 83.1. The van der Waals surface area contributed by atoms with Crippen LogP contribution in [-0.4, -0.2) is 83.7 Å². The zero-order valence-corrected chi connectivity index (χ0v) is 22.2. The van der Waals surface area contributed by atoms with E-state index in [2.05, 4.69) is 15.2 Å². The molecule has 0 spiro atoms. The van der Waals surface area contributed by atoms with Crippen LogP contribution in [0.3, 0.4) is 0 Å². The smallest absolute Gasteiger partial charge is 0.305 e. The quantitative estimate of drug-likeness (QED) is 0.150. The average Bonchev–Trinajstić information content (AvgIpc) is 2.73. The Balaban J connectivity index is 3.54. The Morgan fingerprint density at radius 2 is 1.43 bits per heavy atom. The van der Waals surface area contributed by atoms with Gasteiger partial charge in [0.25, 0.3) is 0 Å². The third-order valence-electron chi connectivity index (χ3n) is 4.87. The Morgan fingerprint density at radius 3 is 1.89 bits per heavy atom. The van der Waals surface area contributed by atoms with Crippen molar-refractivity contribution in [2.24, 2.45) is 4.58 Å². The monoisotopic (exact) mass is 549 g/mol. The van der Waals surface area contributed by atoms with Gasteiger partial charge in [-0.15, -0.1) is 4.91 Å². The molecule has 0 aromatic heterocycles. The van der Waals surface area contributed by atoms with Crippen LogP contribution >= 0.6 is 11.9 Å². The molecule has 2 N–H and O–H groups in total. The van der Waals surface area contributed by atoms with Gasteiger partial charge in [0, 0.05) is 51.1 Å². The SMILES string of the molecule is CC(=O)N[C@H](C(=O)N[C@H]1[C@H](OC(C)=O)O[C@H](COC(C)=O)[C@@H](OC(C)=O)[C@@H]1OC(C)=O)C(C)(C)SN=O. The normalized spacial score (nSPS) is 24.0. The predicted octanol–water partition coefficient (Wildman–Crippen LogP) is -0.116. The number of rotatable bonds is 11. The van der Waals surface area contributed by atoms with Gasteiger partial charge < -0.3 is 34.3 Å². The fourth-order valence-corrected chi connectivity index (χ4v) is 3.94. The van der Waals surface area contributed by atoms with Crippen molar-refractivity contribution in [3.8, 4) is 0 Å². The predicted molar refractivity (Wildman–Crippen MR) is 125 cm³/mol. The van der Waals surface area contributed by atoms with Crippen molar-refractivity contribution < 1.29 is 52.5 Å². The van der Waals surface area contributed by atoms with Crippen LogP contribution in [0.1, 0.15) is 48.5 Å². The lowest BCUT2D eigenvalue weighted by molar-refractivity contribution is -0.271. The number of amides is 2. The molecule has 0 saturated carbocycles. The first-order valence-corrected chi connectivity index (χ1v) is 11.7. The van der Waals surface area contributed by atoms with Gasteiger partial charge in [-0.25, -0.2) is 0 Å². The zero-order valence-electron chi connectivity index (χ0n) is 21.4. The van der Waals surface area contributed by atoms with Crippen molar-refractivity contribution in [1.82, 2.24) is 10.6 Å². The highest BCUT2D eigenvalue weighted by molar-refractivity contribution is 7.99. The summed E-state index contributed by atoms with van der Waals surface area (Å²) in [6.07, 6.45) is -5.80. The minimum Gasteiger partial charge on any atom is -0.463 e. The van der Waals surface area contributed by atoms with E-state index < -0.39 is 83.7 Å². The second-order valence-electron chi connectivity index (χ2n) is 8.54. The Morgan fingerprint density at radius 1 is 0.892 bits per heavy atom. The van der Waals surface area contributed by atoms with Gasteiger partial charge in [0.05, 0.1) is 4.75 Å². The number of hydrogen-bond donors (Lipinski definition) is 2. The molecule has 37 heavy (non-hydrogen) atoms. The third kappa shape index (κ3) is 9.95. The van der Waals surface area contributed by atoms with Gasteiger partial charge in [-0.2, -0.15) is 0 Å². The Hall–Kier alpha value is -3.27. The molecular formula is C21H31N3O12S. The van der Waals surface area contributed by atoms with Gasteiger partial charge in [0.15, 0.2) is 12.2 Å². The molecule has 0 aliphatic carbocycles. The van der Waals surface area contributed by atoms with Crippen molar-refractivity contribution in [3.05, 3.63) is 4.91 Å². The van der Waals surface area contributed by atoms with E-state index in [9.17, 15) is 33.7 Å². The van der Waals surface area contributed by atoms with E-state index in [4.69, 9.17) is 23.7 Å². The van der Waals surface area contributed by atoms with E-state index in [1.807, 2.05) is 0 Å². The van der Waals surface area contributed by atoms with Crippen LogP contribution in [0.25, 0.3) is 0 Å². The van der Waals surface area contributed by atoms with Crippen LogP contribution in [0.4, 0.5) is 0 Å². The van der Waals surface area contributed by atoms with E-state index in [1.165, 1.54) is 13.8 Å². The van der Waals surface area contributed by atoms with Gasteiger partial charge in [0.1, 0.15) is 24.8 Å². The van der Waals surface area contributed by atoms with Crippen LogP contribution in [0.15, 0.2) is 4.58 Å². The van der Waals surface area contributed by atoms with Gasteiger partial charge in [0.2, 0.25) is 18.1 Å². The second-order valence-corrected chi connectivity index (χ2v) is 9.92. The number of nitrogens with zero attached hydrogens (tertiary/aromatic N) is 1. The molecule has 1 heterocycles. The molecule has 1 saturated heterocycles. The molecule has 15 nitrogen and oxygen atoms in total. The maximum Gasteiger partial charge on any atom is 0.305 e. The number of nitroso groups, excluding NO2 is 1. The third-order valence-corrected chi connectivity index (χ3v) is 5.65. The van der Waals surface area contributed by atoms with Crippen molar-refractivity contribution in [2.45, 2.75) is 89.9 Å². The average molecular weight is 550 g/mol. The largest absolute Gasteiger partial charge is 0.463 e. The fourth-order valence-electron chi connectivity index (χ4n) is 3.47. The summed E-state index contributed by atoms with van der Waals surface area (Å²) in [6.45, 7) is 7.91. The summed E-state index contributed by atoms with van der Waals surface area (Å²) in [5.74, 6) is -4.71. The van der Waals surface area contributed by atoms with E-state index >= 15 is 0 Å². The highest BCUT2D eigenvalue weighted by Gasteiger charge is 2.53. The molecule has 0 aromatic carbocycles. The molecule has 1 fully saturated rings. The van der Waals surface area contributed by atoms with Crippen LogP contribution < -0.4 is 10.6 Å². The van der Waals surface area contributed by atoms with Gasteiger partial charge in [-0.1, -0.05) is 0 Å². The Bertz CT molecular complexity index is 911. The van der Waals surface area contributed by atoms with Crippen LogP contribution in [0, 0.1) is 4.91 Å². The lowest BCUT2D eigenvalue weighted by atomic mass is 9.94. The Kier molecular flexibility index (Phi) is 11.9. The molecular weight excluding hydrogens is 518 g/mol. The van der Waals surface area contributed by atoms with E-state index in [0.29, 0.717) is 11.9 Å². The summed E-state index contributed by atoms with van der Waals surface area (Å²) in [5, 5.41) is 4.92. The summed E-state index contributed by atoms with van der Waals surface area (Å²) >= 11 is 0.490. The molecule has 6 atom stereocenters. The van der Waals surface area contributed by atoms with Crippen molar-refractivity contribution in [1.29, 1.82) is 0 Å². The highest BCUT2D eigenvalue weighted by Crippen LogP contribution is 2.31. The molecule has 208 valence electrons. The standard InChI is InChI=1S/C21H31N3O12S/c1-9(25)22-18(21(6,7)37-24-31)19(30)23-15-17(34-12(4)28)16(33-11(3)27)14(8-32-10(2)26)36-20(15)35-13(5)29/h14-18,20H,8H2,1-7H3,(H,22,25)(H,23,30)/t14-,15-,16-,17-,18-,20-/m1/s1. The first kappa shape index (κ1) is 31.8. The summed E-state index contributed by atoms with van der Waals surface area (Å²) in [5.41, 5.74) is 0. The second kappa shape index (κ2) is 13.9. The number of ether oxygens (including phenoxy) is 5. The number of nitrogens with one attached hydrogen (secondary N) is 2. The lowest BCUT2D eigenvalue weighted by Gasteiger charge is -2.45. The molecule has 0 radical (unpaired) electrons. The molecule has 16 heteroatoms. The van der Waals surface area contributed by atoms with Gasteiger partial charge >= 0.3 is 23.9 Å². The highest BCUT2D eigenvalue weighted by atomic mass is 32.2.